The maximum atomic E-state index is 6.15. The van der Waals surface area contributed by atoms with Crippen LogP contribution in [0, 0.1) is 0 Å². The van der Waals surface area contributed by atoms with E-state index in [1.54, 1.807) is 24.4 Å². The summed E-state index contributed by atoms with van der Waals surface area (Å²) in [4.78, 5) is 8.70. The molecule has 0 amide bonds. The molecular formula is C15H13ClN4O. The molecule has 0 radical (unpaired) electrons. The van der Waals surface area contributed by atoms with E-state index >= 15 is 0 Å². The van der Waals surface area contributed by atoms with E-state index < -0.39 is 0 Å². The van der Waals surface area contributed by atoms with Gasteiger partial charge in [-0.2, -0.15) is 4.98 Å². The summed E-state index contributed by atoms with van der Waals surface area (Å²) in [5, 5.41) is 4.46. The summed E-state index contributed by atoms with van der Waals surface area (Å²) in [5.74, 6) is 0.725. The van der Waals surface area contributed by atoms with Gasteiger partial charge in [-0.05, 0) is 30.2 Å². The molecule has 6 heteroatoms. The van der Waals surface area contributed by atoms with Crippen LogP contribution in [0.3, 0.4) is 0 Å². The normalized spacial score (nSPS) is 10.8. The van der Waals surface area contributed by atoms with Gasteiger partial charge in [-0.25, -0.2) is 0 Å². The minimum absolute atomic E-state index is 0.292. The number of aryl methyl sites for hydroxylation is 1. The minimum Gasteiger partial charge on any atom is -0.398 e. The molecule has 0 aliphatic heterocycles. The summed E-state index contributed by atoms with van der Waals surface area (Å²) in [7, 11) is 0. The maximum absolute atomic E-state index is 6.15. The average molecular weight is 301 g/mol. The van der Waals surface area contributed by atoms with Gasteiger partial charge in [0.25, 0.3) is 5.89 Å². The van der Waals surface area contributed by atoms with Crippen LogP contribution in [0.2, 0.25) is 5.02 Å². The zero-order valence-corrected chi connectivity index (χ0v) is 12.1. The number of hydrogen-bond acceptors (Lipinski definition) is 5. The first kappa shape index (κ1) is 13.6. The SMILES string of the molecule is CCc1cccnc1-c1noc(-c2c(N)cccc2Cl)n1. The third kappa shape index (κ3) is 2.48. The molecule has 0 saturated heterocycles. The monoisotopic (exact) mass is 300 g/mol. The van der Waals surface area contributed by atoms with Crippen molar-refractivity contribution in [2.75, 3.05) is 5.73 Å². The molecule has 0 aliphatic carbocycles. The number of hydrogen-bond donors (Lipinski definition) is 1. The molecule has 0 atom stereocenters. The summed E-state index contributed by atoms with van der Waals surface area (Å²) in [6.45, 7) is 2.05. The maximum Gasteiger partial charge on any atom is 0.261 e. The van der Waals surface area contributed by atoms with E-state index in [4.69, 9.17) is 21.9 Å². The van der Waals surface area contributed by atoms with Crippen molar-refractivity contribution in [3.05, 3.63) is 47.1 Å². The lowest BCUT2D eigenvalue weighted by Gasteiger charge is -2.02. The number of pyridine rings is 1. The molecule has 2 N–H and O–H groups in total. The van der Waals surface area contributed by atoms with Gasteiger partial charge in [0.15, 0.2) is 0 Å². The fourth-order valence-corrected chi connectivity index (χ4v) is 2.38. The molecule has 0 saturated carbocycles. The first-order chi connectivity index (χ1) is 10.2. The first-order valence-corrected chi connectivity index (χ1v) is 6.90. The van der Waals surface area contributed by atoms with Crippen molar-refractivity contribution in [2.45, 2.75) is 13.3 Å². The van der Waals surface area contributed by atoms with E-state index in [-0.39, 0.29) is 0 Å². The van der Waals surface area contributed by atoms with Crippen LogP contribution in [0.15, 0.2) is 41.1 Å². The van der Waals surface area contributed by atoms with Gasteiger partial charge < -0.3 is 10.3 Å². The highest BCUT2D eigenvalue weighted by Crippen LogP contribution is 2.33. The predicted octanol–water partition coefficient (Wildman–Crippen LogP) is 3.60. The van der Waals surface area contributed by atoms with Crippen LogP contribution in [0.1, 0.15) is 12.5 Å². The molecule has 0 bridgehead atoms. The zero-order chi connectivity index (χ0) is 14.8. The molecule has 0 spiro atoms. The Morgan fingerprint density at radius 3 is 2.86 bits per heavy atom. The summed E-state index contributed by atoms with van der Waals surface area (Å²) in [5.41, 5.74) is 8.73. The van der Waals surface area contributed by atoms with Crippen LogP contribution >= 0.6 is 11.6 Å². The Labute approximate surface area is 126 Å². The lowest BCUT2D eigenvalue weighted by molar-refractivity contribution is 0.432. The quantitative estimate of drug-likeness (QED) is 0.748. The van der Waals surface area contributed by atoms with E-state index in [0.717, 1.165) is 12.0 Å². The third-order valence-corrected chi connectivity index (χ3v) is 3.48. The van der Waals surface area contributed by atoms with Gasteiger partial charge in [0.05, 0.1) is 10.6 Å². The fourth-order valence-electron chi connectivity index (χ4n) is 2.11. The van der Waals surface area contributed by atoms with Crippen molar-refractivity contribution >= 4 is 17.3 Å². The Morgan fingerprint density at radius 1 is 1.24 bits per heavy atom. The lowest BCUT2D eigenvalue weighted by atomic mass is 10.1. The number of nitrogens with zero attached hydrogens (tertiary/aromatic N) is 3. The molecule has 0 aliphatic rings. The Morgan fingerprint density at radius 2 is 2.10 bits per heavy atom. The van der Waals surface area contributed by atoms with Crippen molar-refractivity contribution < 1.29 is 4.52 Å². The van der Waals surface area contributed by atoms with Crippen molar-refractivity contribution in [2.24, 2.45) is 0 Å². The molecule has 2 heterocycles. The van der Waals surface area contributed by atoms with Gasteiger partial charge >= 0.3 is 0 Å². The topological polar surface area (TPSA) is 77.8 Å². The largest absolute Gasteiger partial charge is 0.398 e. The van der Waals surface area contributed by atoms with Crippen LogP contribution < -0.4 is 5.73 Å². The fraction of sp³-hybridized carbons (Fsp3) is 0.133. The molecular weight excluding hydrogens is 288 g/mol. The Hall–Kier alpha value is -2.40. The second-order valence-electron chi connectivity index (χ2n) is 4.49. The number of benzene rings is 1. The first-order valence-electron chi connectivity index (χ1n) is 6.53. The number of aromatic nitrogens is 3. The molecule has 0 unspecified atom stereocenters. The Balaban J connectivity index is 2.09. The zero-order valence-electron chi connectivity index (χ0n) is 11.4. The highest BCUT2D eigenvalue weighted by molar-refractivity contribution is 6.33. The smallest absolute Gasteiger partial charge is 0.261 e. The molecule has 106 valence electrons. The highest BCUT2D eigenvalue weighted by Gasteiger charge is 2.17. The van der Waals surface area contributed by atoms with Crippen molar-refractivity contribution in [3.63, 3.8) is 0 Å². The van der Waals surface area contributed by atoms with Crippen LogP contribution in [0.4, 0.5) is 5.69 Å². The van der Waals surface area contributed by atoms with Gasteiger partial charge in [0.2, 0.25) is 5.82 Å². The predicted molar refractivity (Wildman–Crippen MR) is 81.8 cm³/mol. The van der Waals surface area contributed by atoms with E-state index in [1.165, 1.54) is 0 Å². The number of nitrogens with two attached hydrogens (primary N) is 1. The summed E-state index contributed by atoms with van der Waals surface area (Å²) in [6.07, 6.45) is 2.54. The van der Waals surface area contributed by atoms with Gasteiger partial charge in [-0.3, -0.25) is 4.98 Å². The second kappa shape index (κ2) is 5.54. The summed E-state index contributed by atoms with van der Waals surface area (Å²) < 4.78 is 5.30. The van der Waals surface area contributed by atoms with E-state index in [9.17, 15) is 0 Å². The molecule has 3 aromatic rings. The van der Waals surface area contributed by atoms with E-state index in [0.29, 0.717) is 33.7 Å². The summed E-state index contributed by atoms with van der Waals surface area (Å²) in [6, 6.07) is 9.11. The van der Waals surface area contributed by atoms with Crippen LogP contribution in [-0.4, -0.2) is 15.1 Å². The second-order valence-corrected chi connectivity index (χ2v) is 4.90. The number of nitrogen functional groups attached to an aromatic ring is 1. The highest BCUT2D eigenvalue weighted by atomic mass is 35.5. The Kier molecular flexibility index (Phi) is 3.58. The van der Waals surface area contributed by atoms with Crippen molar-refractivity contribution in [3.8, 4) is 23.0 Å². The average Bonchev–Trinajstić information content (AvgIpc) is 2.96. The molecule has 21 heavy (non-hydrogen) atoms. The number of rotatable bonds is 3. The molecule has 3 rings (SSSR count). The molecule has 0 fully saturated rings. The van der Waals surface area contributed by atoms with Gasteiger partial charge in [-0.1, -0.05) is 35.8 Å². The van der Waals surface area contributed by atoms with Crippen LogP contribution in [0.5, 0.6) is 0 Å². The Bertz CT molecular complexity index is 765. The van der Waals surface area contributed by atoms with E-state index in [2.05, 4.69) is 15.1 Å². The van der Waals surface area contributed by atoms with Crippen molar-refractivity contribution in [1.82, 2.24) is 15.1 Å². The standard InChI is InChI=1S/C15H13ClN4O/c1-2-9-5-4-8-18-13(9)14-19-15(21-20-14)12-10(16)6-3-7-11(12)17/h3-8H,2,17H2,1H3. The number of anilines is 1. The molecule has 5 nitrogen and oxygen atoms in total. The van der Waals surface area contributed by atoms with Gasteiger partial charge in [-0.15, -0.1) is 0 Å². The van der Waals surface area contributed by atoms with E-state index in [1.807, 2.05) is 19.1 Å². The third-order valence-electron chi connectivity index (χ3n) is 3.17. The minimum atomic E-state index is 0.292. The van der Waals surface area contributed by atoms with Crippen LogP contribution in [0.25, 0.3) is 23.0 Å². The lowest BCUT2D eigenvalue weighted by Crippen LogP contribution is -1.93. The van der Waals surface area contributed by atoms with Crippen LogP contribution in [-0.2, 0) is 6.42 Å². The van der Waals surface area contributed by atoms with Gasteiger partial charge in [0.1, 0.15) is 5.69 Å². The molecule has 1 aromatic carbocycles. The van der Waals surface area contributed by atoms with Gasteiger partial charge in [0, 0.05) is 11.9 Å². The van der Waals surface area contributed by atoms with Crippen molar-refractivity contribution in [1.29, 1.82) is 0 Å². The molecule has 2 aromatic heterocycles. The summed E-state index contributed by atoms with van der Waals surface area (Å²) >= 11 is 6.15. The number of halogens is 1.